The van der Waals surface area contributed by atoms with Gasteiger partial charge in [0.25, 0.3) is 0 Å². The van der Waals surface area contributed by atoms with E-state index in [-0.39, 0.29) is 18.3 Å². The van der Waals surface area contributed by atoms with Gasteiger partial charge in [-0.25, -0.2) is 4.79 Å². The van der Waals surface area contributed by atoms with Crippen molar-refractivity contribution >= 4 is 40.0 Å². The van der Waals surface area contributed by atoms with Gasteiger partial charge in [-0.3, -0.25) is 4.79 Å². The van der Waals surface area contributed by atoms with Gasteiger partial charge < -0.3 is 19.4 Å². The number of nitrogens with one attached hydrogen (secondary N) is 1. The zero-order chi connectivity index (χ0) is 24.0. The first-order valence-electron chi connectivity index (χ1n) is 10.6. The maximum Gasteiger partial charge on any atom is 0.341 e. The highest BCUT2D eigenvalue weighted by molar-refractivity contribution is 7.99. The van der Waals surface area contributed by atoms with E-state index in [2.05, 4.69) is 15.5 Å². The molecule has 0 radical (unpaired) electrons. The lowest BCUT2D eigenvalue weighted by Gasteiger charge is -2.09. The van der Waals surface area contributed by atoms with Crippen LogP contribution in [0.5, 0.6) is 5.75 Å². The van der Waals surface area contributed by atoms with Crippen LogP contribution in [0.25, 0.3) is 0 Å². The van der Waals surface area contributed by atoms with Crippen LogP contribution in [0.2, 0.25) is 0 Å². The number of carbonyl (C=O) groups is 2. The minimum Gasteiger partial charge on any atom is -0.486 e. The number of thioether (sulfide) groups is 1. The Morgan fingerprint density at radius 1 is 1.21 bits per heavy atom. The van der Waals surface area contributed by atoms with E-state index in [1.54, 1.807) is 0 Å². The maximum absolute atomic E-state index is 12.6. The number of esters is 1. The van der Waals surface area contributed by atoms with E-state index in [0.717, 1.165) is 21.8 Å². The monoisotopic (exact) mass is 488 g/mol. The Balaban J connectivity index is 1.64. The van der Waals surface area contributed by atoms with Crippen molar-refractivity contribution in [1.82, 2.24) is 14.8 Å². The first-order chi connectivity index (χ1) is 15.9. The van der Waals surface area contributed by atoms with E-state index in [1.807, 2.05) is 56.5 Å². The van der Waals surface area contributed by atoms with Gasteiger partial charge in [-0.2, -0.15) is 0 Å². The molecular formula is C23H28N4O4S2. The third kappa shape index (κ3) is 5.94. The first-order valence-corrected chi connectivity index (χ1v) is 12.4. The number of rotatable bonds is 10. The van der Waals surface area contributed by atoms with Crippen LogP contribution in [-0.2, 0) is 29.1 Å². The first kappa shape index (κ1) is 24.8. The fraction of sp³-hybridized carbons (Fsp3) is 0.391. The average Bonchev–Trinajstić information content (AvgIpc) is 3.34. The van der Waals surface area contributed by atoms with Gasteiger partial charge in [0.1, 0.15) is 17.4 Å². The fourth-order valence-electron chi connectivity index (χ4n) is 3.41. The summed E-state index contributed by atoms with van der Waals surface area (Å²) in [6.07, 6.45) is 0.685. The number of benzene rings is 1. The Morgan fingerprint density at radius 3 is 2.67 bits per heavy atom. The zero-order valence-corrected chi connectivity index (χ0v) is 21.1. The third-order valence-electron chi connectivity index (χ3n) is 5.00. The van der Waals surface area contributed by atoms with Crippen LogP contribution in [-0.4, -0.2) is 39.5 Å². The number of methoxy groups -OCH3 is 1. The van der Waals surface area contributed by atoms with Crippen LogP contribution in [0.3, 0.4) is 0 Å². The number of carbonyl (C=O) groups excluding carboxylic acids is 2. The van der Waals surface area contributed by atoms with Gasteiger partial charge >= 0.3 is 5.97 Å². The molecule has 10 heteroatoms. The lowest BCUT2D eigenvalue weighted by atomic mass is 10.1. The number of thiophene rings is 1. The SMILES string of the molecule is CCc1c(C)sc(NC(=O)CSc2nnc(COc3cccc(C)c3)n2CC)c1C(=O)OC. The van der Waals surface area contributed by atoms with E-state index in [1.165, 1.54) is 30.2 Å². The van der Waals surface area contributed by atoms with Crippen LogP contribution in [0.15, 0.2) is 29.4 Å². The number of hydrogen-bond donors (Lipinski definition) is 1. The molecule has 1 aromatic carbocycles. The van der Waals surface area contributed by atoms with Crippen LogP contribution >= 0.6 is 23.1 Å². The van der Waals surface area contributed by atoms with E-state index < -0.39 is 5.97 Å². The molecule has 0 bridgehead atoms. The molecule has 0 saturated heterocycles. The molecule has 0 aliphatic carbocycles. The van der Waals surface area contributed by atoms with Crippen LogP contribution in [0.4, 0.5) is 5.00 Å². The predicted molar refractivity (Wildman–Crippen MR) is 130 cm³/mol. The lowest BCUT2D eigenvalue weighted by Crippen LogP contribution is -2.17. The number of nitrogens with zero attached hydrogens (tertiary/aromatic N) is 3. The molecule has 0 aliphatic heterocycles. The quantitative estimate of drug-likeness (QED) is 0.328. The molecule has 3 aromatic rings. The second-order valence-corrected chi connectivity index (χ2v) is 9.44. The van der Waals surface area contributed by atoms with E-state index in [0.29, 0.717) is 34.5 Å². The van der Waals surface area contributed by atoms with Crippen molar-refractivity contribution in [3.05, 3.63) is 51.7 Å². The second kappa shape index (κ2) is 11.3. The molecule has 0 fully saturated rings. The van der Waals surface area contributed by atoms with Crippen molar-refractivity contribution in [2.75, 3.05) is 18.2 Å². The van der Waals surface area contributed by atoms with Crippen molar-refractivity contribution in [3.63, 3.8) is 0 Å². The minimum absolute atomic E-state index is 0.135. The summed E-state index contributed by atoms with van der Waals surface area (Å²) in [6, 6.07) is 7.82. The molecule has 0 unspecified atom stereocenters. The molecule has 2 aromatic heterocycles. The summed E-state index contributed by atoms with van der Waals surface area (Å²) in [6.45, 7) is 8.85. The Morgan fingerprint density at radius 2 is 2.00 bits per heavy atom. The summed E-state index contributed by atoms with van der Waals surface area (Å²) in [4.78, 5) is 25.9. The van der Waals surface area contributed by atoms with Gasteiger partial charge in [-0.15, -0.1) is 21.5 Å². The molecule has 0 atom stereocenters. The molecule has 3 rings (SSSR count). The summed E-state index contributed by atoms with van der Waals surface area (Å²) < 4.78 is 12.7. The molecule has 0 aliphatic rings. The molecule has 1 N–H and O–H groups in total. The molecular weight excluding hydrogens is 460 g/mol. The highest BCUT2D eigenvalue weighted by Crippen LogP contribution is 2.34. The Bertz CT molecular complexity index is 1140. The molecule has 0 spiro atoms. The number of anilines is 1. The van der Waals surface area contributed by atoms with Crippen molar-refractivity contribution in [3.8, 4) is 5.75 Å². The number of hydrogen-bond acceptors (Lipinski definition) is 8. The average molecular weight is 489 g/mol. The number of aryl methyl sites for hydroxylation is 2. The molecule has 1 amide bonds. The Hall–Kier alpha value is -2.85. The fourth-order valence-corrected chi connectivity index (χ4v) is 5.38. The Labute approximate surface area is 201 Å². The van der Waals surface area contributed by atoms with Crippen molar-refractivity contribution in [2.45, 2.75) is 52.4 Å². The maximum atomic E-state index is 12.6. The summed E-state index contributed by atoms with van der Waals surface area (Å²) in [7, 11) is 1.34. The molecule has 0 saturated carbocycles. The number of ether oxygens (including phenoxy) is 2. The third-order valence-corrected chi connectivity index (χ3v) is 7.03. The van der Waals surface area contributed by atoms with Gasteiger partial charge in [0.15, 0.2) is 11.0 Å². The highest BCUT2D eigenvalue weighted by atomic mass is 32.2. The standard InChI is InChI=1S/C23H28N4O4S2/c1-6-17-15(4)33-21(20(17)22(29)30-5)24-19(28)13-32-23-26-25-18(27(23)7-2)12-31-16-10-8-9-14(3)11-16/h8-11H,6-7,12-13H2,1-5H3,(H,24,28). The summed E-state index contributed by atoms with van der Waals surface area (Å²) in [5, 5.41) is 12.5. The van der Waals surface area contributed by atoms with Crippen LogP contribution in [0.1, 0.15) is 46.0 Å². The smallest absolute Gasteiger partial charge is 0.341 e. The highest BCUT2D eigenvalue weighted by Gasteiger charge is 2.23. The van der Waals surface area contributed by atoms with Crippen molar-refractivity contribution in [1.29, 1.82) is 0 Å². The van der Waals surface area contributed by atoms with Crippen molar-refractivity contribution in [2.24, 2.45) is 0 Å². The lowest BCUT2D eigenvalue weighted by molar-refractivity contribution is -0.113. The molecule has 2 heterocycles. The van der Waals surface area contributed by atoms with Gasteiger partial charge in [-0.05, 0) is 50.5 Å². The number of aromatic nitrogens is 3. The van der Waals surface area contributed by atoms with Gasteiger partial charge in [0.05, 0.1) is 18.4 Å². The second-order valence-electron chi connectivity index (χ2n) is 7.27. The van der Waals surface area contributed by atoms with Crippen LogP contribution < -0.4 is 10.1 Å². The van der Waals surface area contributed by atoms with E-state index in [9.17, 15) is 9.59 Å². The van der Waals surface area contributed by atoms with Crippen LogP contribution in [0, 0.1) is 13.8 Å². The summed E-state index contributed by atoms with van der Waals surface area (Å²) >= 11 is 2.68. The van der Waals surface area contributed by atoms with Gasteiger partial charge in [0, 0.05) is 11.4 Å². The van der Waals surface area contributed by atoms with Crippen molar-refractivity contribution < 1.29 is 19.1 Å². The molecule has 8 nitrogen and oxygen atoms in total. The molecule has 176 valence electrons. The molecule has 33 heavy (non-hydrogen) atoms. The summed E-state index contributed by atoms with van der Waals surface area (Å²) in [5.41, 5.74) is 2.46. The summed E-state index contributed by atoms with van der Waals surface area (Å²) in [5.74, 6) is 0.931. The van der Waals surface area contributed by atoms with Gasteiger partial charge in [-0.1, -0.05) is 30.8 Å². The predicted octanol–water partition coefficient (Wildman–Crippen LogP) is 4.64. The number of amides is 1. The van der Waals surface area contributed by atoms with E-state index >= 15 is 0 Å². The normalized spacial score (nSPS) is 10.8. The van der Waals surface area contributed by atoms with E-state index in [4.69, 9.17) is 9.47 Å². The topological polar surface area (TPSA) is 95.3 Å². The minimum atomic E-state index is -0.442. The Kier molecular flexibility index (Phi) is 8.51. The zero-order valence-electron chi connectivity index (χ0n) is 19.4. The largest absolute Gasteiger partial charge is 0.486 e. The van der Waals surface area contributed by atoms with Gasteiger partial charge in [0.2, 0.25) is 5.91 Å².